The van der Waals surface area contributed by atoms with Crippen LogP contribution in [0, 0.1) is 23.2 Å². The third-order valence-electron chi connectivity index (χ3n) is 6.11. The number of aromatic nitrogens is 2. The molecule has 112 valence electrons. The summed E-state index contributed by atoms with van der Waals surface area (Å²) in [6, 6.07) is 0. The van der Waals surface area contributed by atoms with Crippen molar-refractivity contribution in [2.45, 2.75) is 57.3 Å². The number of carbonyl (C=O) groups is 1. The first-order valence-electron chi connectivity index (χ1n) is 8.35. The van der Waals surface area contributed by atoms with Gasteiger partial charge in [0.15, 0.2) is 0 Å². The van der Waals surface area contributed by atoms with Gasteiger partial charge in [0, 0.05) is 5.92 Å². The summed E-state index contributed by atoms with van der Waals surface area (Å²) in [6.45, 7) is 0. The molecular formula is C16H21N3OS. The van der Waals surface area contributed by atoms with E-state index in [1.165, 1.54) is 32.1 Å². The number of carbonyl (C=O) groups excluding carboxylic acids is 1. The summed E-state index contributed by atoms with van der Waals surface area (Å²) in [7, 11) is 0. The molecule has 0 radical (unpaired) electrons. The number of nitrogens with one attached hydrogen (secondary N) is 1. The topological polar surface area (TPSA) is 54.9 Å². The lowest BCUT2D eigenvalue weighted by atomic mass is 9.49. The summed E-state index contributed by atoms with van der Waals surface area (Å²) in [5.74, 6) is 3.27. The summed E-state index contributed by atoms with van der Waals surface area (Å²) in [4.78, 5) is 12.9. The molecule has 4 bridgehead atoms. The van der Waals surface area contributed by atoms with E-state index in [9.17, 15) is 4.79 Å². The van der Waals surface area contributed by atoms with Gasteiger partial charge in [-0.05, 0) is 69.1 Å². The van der Waals surface area contributed by atoms with E-state index in [2.05, 4.69) is 15.5 Å². The molecule has 5 saturated carbocycles. The molecule has 5 aliphatic rings. The molecule has 4 nitrogen and oxygen atoms in total. The van der Waals surface area contributed by atoms with Gasteiger partial charge in [0.1, 0.15) is 5.01 Å². The molecule has 1 N–H and O–H groups in total. The highest BCUT2D eigenvalue weighted by molar-refractivity contribution is 7.15. The first kappa shape index (κ1) is 12.6. The Balaban J connectivity index is 1.35. The van der Waals surface area contributed by atoms with E-state index < -0.39 is 0 Å². The number of nitrogens with zero attached hydrogens (tertiary/aromatic N) is 2. The number of anilines is 1. The molecular weight excluding hydrogens is 282 g/mol. The summed E-state index contributed by atoms with van der Waals surface area (Å²) in [6.07, 6.45) is 9.91. The first-order chi connectivity index (χ1) is 10.2. The van der Waals surface area contributed by atoms with Crippen LogP contribution in [0.2, 0.25) is 0 Å². The molecule has 0 aromatic carbocycles. The van der Waals surface area contributed by atoms with Gasteiger partial charge in [-0.3, -0.25) is 4.79 Å². The van der Waals surface area contributed by atoms with Crippen LogP contribution >= 0.6 is 11.3 Å². The van der Waals surface area contributed by atoms with Gasteiger partial charge in [0.2, 0.25) is 11.0 Å². The van der Waals surface area contributed by atoms with Crippen LogP contribution < -0.4 is 5.32 Å². The number of rotatable bonds is 3. The third kappa shape index (κ3) is 2.04. The quantitative estimate of drug-likeness (QED) is 0.928. The van der Waals surface area contributed by atoms with Crippen molar-refractivity contribution in [2.75, 3.05) is 5.32 Å². The van der Waals surface area contributed by atoms with Gasteiger partial charge in [-0.1, -0.05) is 11.3 Å². The van der Waals surface area contributed by atoms with E-state index in [-0.39, 0.29) is 11.3 Å². The molecule has 0 aliphatic heterocycles. The van der Waals surface area contributed by atoms with Gasteiger partial charge in [0.05, 0.1) is 5.41 Å². The Morgan fingerprint density at radius 3 is 2.24 bits per heavy atom. The monoisotopic (exact) mass is 303 g/mol. The maximum absolute atomic E-state index is 12.9. The standard InChI is InChI=1S/C16H21N3OS/c20-14(17-15-19-18-13(21-15)12-1-2-12)16-6-9-3-10(7-16)5-11(4-9)8-16/h9-12H,1-8H2,(H,17,19,20). The van der Waals surface area contributed by atoms with Gasteiger partial charge in [-0.15, -0.1) is 10.2 Å². The Morgan fingerprint density at radius 1 is 1.05 bits per heavy atom. The van der Waals surface area contributed by atoms with E-state index >= 15 is 0 Å². The van der Waals surface area contributed by atoms with Crippen LogP contribution in [0.3, 0.4) is 0 Å². The highest BCUT2D eigenvalue weighted by atomic mass is 32.1. The lowest BCUT2D eigenvalue weighted by molar-refractivity contribution is -0.140. The molecule has 0 atom stereocenters. The summed E-state index contributed by atoms with van der Waals surface area (Å²) in [5, 5.41) is 13.3. The van der Waals surface area contributed by atoms with Gasteiger partial charge in [-0.25, -0.2) is 0 Å². The molecule has 5 fully saturated rings. The third-order valence-corrected chi connectivity index (χ3v) is 7.11. The molecule has 1 aromatic heterocycles. The normalized spacial score (nSPS) is 40.5. The number of hydrogen-bond acceptors (Lipinski definition) is 4. The van der Waals surface area contributed by atoms with E-state index in [1.54, 1.807) is 11.3 Å². The number of hydrogen-bond donors (Lipinski definition) is 1. The molecule has 0 saturated heterocycles. The van der Waals surface area contributed by atoms with Crippen molar-refractivity contribution in [3.05, 3.63) is 5.01 Å². The average Bonchev–Trinajstić information content (AvgIpc) is 3.18. The molecule has 6 rings (SSSR count). The Kier molecular flexibility index (Phi) is 2.56. The fourth-order valence-corrected chi connectivity index (χ4v) is 6.31. The molecule has 5 heteroatoms. The molecule has 1 heterocycles. The minimum atomic E-state index is -0.0832. The van der Waals surface area contributed by atoms with Crippen LogP contribution in [-0.4, -0.2) is 16.1 Å². The van der Waals surface area contributed by atoms with Crippen molar-refractivity contribution in [3.63, 3.8) is 0 Å². The van der Waals surface area contributed by atoms with Crippen molar-refractivity contribution in [1.82, 2.24) is 10.2 Å². The molecule has 21 heavy (non-hydrogen) atoms. The second kappa shape index (κ2) is 4.28. The highest BCUT2D eigenvalue weighted by Gasteiger charge is 2.54. The summed E-state index contributed by atoms with van der Waals surface area (Å²) >= 11 is 1.58. The van der Waals surface area contributed by atoms with Crippen molar-refractivity contribution in [1.29, 1.82) is 0 Å². The van der Waals surface area contributed by atoms with Crippen LogP contribution in [-0.2, 0) is 4.79 Å². The van der Waals surface area contributed by atoms with Gasteiger partial charge in [-0.2, -0.15) is 0 Å². The Labute approximate surface area is 128 Å². The number of amides is 1. The van der Waals surface area contributed by atoms with Crippen LogP contribution in [0.5, 0.6) is 0 Å². The Morgan fingerprint density at radius 2 is 1.67 bits per heavy atom. The van der Waals surface area contributed by atoms with E-state index in [0.717, 1.165) is 47.2 Å². The lowest BCUT2D eigenvalue weighted by Crippen LogP contribution is -2.51. The molecule has 0 spiro atoms. The molecule has 0 unspecified atom stereocenters. The zero-order valence-corrected chi connectivity index (χ0v) is 13.0. The van der Waals surface area contributed by atoms with Crippen molar-refractivity contribution < 1.29 is 4.79 Å². The Hall–Kier alpha value is -0.970. The molecule has 1 aromatic rings. The highest BCUT2D eigenvalue weighted by Crippen LogP contribution is 2.60. The van der Waals surface area contributed by atoms with Crippen LogP contribution in [0.15, 0.2) is 0 Å². The van der Waals surface area contributed by atoms with Crippen molar-refractivity contribution >= 4 is 22.4 Å². The van der Waals surface area contributed by atoms with E-state index in [0.29, 0.717) is 5.92 Å². The smallest absolute Gasteiger partial charge is 0.232 e. The maximum atomic E-state index is 12.9. The second-order valence-electron chi connectivity index (χ2n) is 7.87. The predicted molar refractivity (Wildman–Crippen MR) is 81.1 cm³/mol. The lowest BCUT2D eigenvalue weighted by Gasteiger charge is -2.55. The minimum absolute atomic E-state index is 0.0832. The van der Waals surface area contributed by atoms with Crippen LogP contribution in [0.1, 0.15) is 62.3 Å². The Bertz CT molecular complexity index is 557. The fraction of sp³-hybridized carbons (Fsp3) is 0.812. The second-order valence-corrected chi connectivity index (χ2v) is 8.88. The first-order valence-corrected chi connectivity index (χ1v) is 9.17. The molecule has 1 amide bonds. The van der Waals surface area contributed by atoms with Gasteiger partial charge >= 0.3 is 0 Å². The maximum Gasteiger partial charge on any atom is 0.232 e. The van der Waals surface area contributed by atoms with Crippen LogP contribution in [0.25, 0.3) is 0 Å². The zero-order valence-electron chi connectivity index (χ0n) is 12.2. The van der Waals surface area contributed by atoms with E-state index in [4.69, 9.17) is 0 Å². The van der Waals surface area contributed by atoms with Crippen LogP contribution in [0.4, 0.5) is 5.13 Å². The SMILES string of the molecule is O=C(Nc1nnc(C2CC2)s1)C12CC3CC(CC(C3)C1)C2. The minimum Gasteiger partial charge on any atom is -0.300 e. The summed E-state index contributed by atoms with van der Waals surface area (Å²) < 4.78 is 0. The fourth-order valence-electron chi connectivity index (χ4n) is 5.40. The zero-order chi connectivity index (χ0) is 14.0. The van der Waals surface area contributed by atoms with Crippen molar-refractivity contribution in [3.8, 4) is 0 Å². The summed E-state index contributed by atoms with van der Waals surface area (Å²) in [5.41, 5.74) is -0.0832. The van der Waals surface area contributed by atoms with Gasteiger partial charge < -0.3 is 5.32 Å². The van der Waals surface area contributed by atoms with Crippen molar-refractivity contribution in [2.24, 2.45) is 23.2 Å². The average molecular weight is 303 g/mol. The predicted octanol–water partition coefficient (Wildman–Crippen LogP) is 3.57. The largest absolute Gasteiger partial charge is 0.300 e. The van der Waals surface area contributed by atoms with E-state index in [1.807, 2.05) is 0 Å². The van der Waals surface area contributed by atoms with Gasteiger partial charge in [0.25, 0.3) is 0 Å². The molecule has 5 aliphatic carbocycles.